The van der Waals surface area contributed by atoms with E-state index in [1.807, 2.05) is 6.92 Å². The fraction of sp³-hybridized carbons (Fsp3) is 0.667. The van der Waals surface area contributed by atoms with Crippen LogP contribution in [0, 0.1) is 0 Å². The van der Waals surface area contributed by atoms with Gasteiger partial charge in [0.05, 0.1) is 0 Å². The van der Waals surface area contributed by atoms with Crippen LogP contribution < -0.4 is 5.73 Å². The maximum absolute atomic E-state index is 10.4. The topological polar surface area (TPSA) is 55.3 Å². The number of rotatable bonds is 4. The van der Waals surface area contributed by atoms with Crippen LogP contribution in [0.5, 0.6) is 0 Å². The predicted molar refractivity (Wildman–Crippen MR) is 53.6 cm³/mol. The fourth-order valence-corrected chi connectivity index (χ4v) is 1.07. The summed E-state index contributed by atoms with van der Waals surface area (Å²) in [7, 11) is 0. The molecule has 1 amide bonds. The van der Waals surface area contributed by atoms with E-state index >= 15 is 0 Å². The zero-order chi connectivity index (χ0) is 9.56. The third-order valence-corrected chi connectivity index (χ3v) is 1.89. The highest BCUT2D eigenvalue weighted by Gasteiger charge is 2.14. The van der Waals surface area contributed by atoms with Crippen molar-refractivity contribution in [2.24, 2.45) is 5.73 Å². The Balaban J connectivity index is 4.07. The zero-order valence-electron chi connectivity index (χ0n) is 6.72. The molecule has 12 heavy (non-hydrogen) atoms. The molecule has 0 bridgehead atoms. The Morgan fingerprint density at radius 1 is 1.58 bits per heavy atom. The monoisotopic (exact) mass is 301 g/mol. The molecule has 70 valence electrons. The second-order valence-corrected chi connectivity index (χ2v) is 4.67. The van der Waals surface area contributed by atoms with E-state index in [0.29, 0.717) is 10.1 Å². The predicted octanol–water partition coefficient (Wildman–Crippen LogP) is 1.96. The van der Waals surface area contributed by atoms with Crippen molar-refractivity contribution in [3.8, 4) is 0 Å². The SMILES string of the molecule is CCCC[N+](OC(N)=O)=C(Br)Br. The summed E-state index contributed by atoms with van der Waals surface area (Å²) in [6, 6.07) is 0. The van der Waals surface area contributed by atoms with Crippen LogP contribution in [0.15, 0.2) is 0 Å². The third-order valence-electron chi connectivity index (χ3n) is 1.10. The highest BCUT2D eigenvalue weighted by Crippen LogP contribution is 2.01. The average molecular weight is 303 g/mol. The standard InChI is InChI=1S/C6H10Br2N2O2/c1-2-3-4-10(5(7)8)12-6(9)11/h2-4H2,1H3,(H-,9,11)/p+1. The van der Waals surface area contributed by atoms with Gasteiger partial charge in [-0.15, -0.1) is 0 Å². The Bertz CT molecular complexity index is 190. The molecule has 2 N–H and O–H groups in total. The maximum Gasteiger partial charge on any atom is 0.472 e. The maximum atomic E-state index is 10.4. The third kappa shape index (κ3) is 5.54. The minimum absolute atomic E-state index is 0.558. The van der Waals surface area contributed by atoms with Crippen LogP contribution in [-0.2, 0) is 4.84 Å². The van der Waals surface area contributed by atoms with Gasteiger partial charge in [0, 0.05) is 43.0 Å². The molecule has 0 fully saturated rings. The van der Waals surface area contributed by atoms with Crippen LogP contribution in [0.2, 0.25) is 0 Å². The number of amides is 1. The summed E-state index contributed by atoms with van der Waals surface area (Å²) >= 11 is 6.25. The lowest BCUT2D eigenvalue weighted by Crippen LogP contribution is -2.25. The summed E-state index contributed by atoms with van der Waals surface area (Å²) in [5.74, 6) is 0. The van der Waals surface area contributed by atoms with Crippen molar-refractivity contribution in [3.05, 3.63) is 0 Å². The molecule has 0 saturated heterocycles. The molecule has 0 spiro atoms. The summed E-state index contributed by atoms with van der Waals surface area (Å²) in [5, 5.41) is 0. The number of hydrogen-bond donors (Lipinski definition) is 1. The van der Waals surface area contributed by atoms with Gasteiger partial charge in [-0.1, -0.05) is 6.92 Å². The number of nitrogens with zero attached hydrogens (tertiary/aromatic N) is 1. The van der Waals surface area contributed by atoms with Gasteiger partial charge in [-0.05, 0) is 6.42 Å². The number of hydrogen-bond acceptors (Lipinski definition) is 2. The van der Waals surface area contributed by atoms with E-state index in [1.165, 1.54) is 4.74 Å². The van der Waals surface area contributed by atoms with Crippen molar-refractivity contribution >= 4 is 41.5 Å². The molecule has 0 aromatic heterocycles. The first-order valence-corrected chi connectivity index (χ1v) is 5.09. The first-order chi connectivity index (χ1) is 5.57. The molecule has 0 unspecified atom stereocenters. The Morgan fingerprint density at radius 2 is 2.17 bits per heavy atom. The summed E-state index contributed by atoms with van der Waals surface area (Å²) < 4.78 is 1.91. The second kappa shape index (κ2) is 6.42. The van der Waals surface area contributed by atoms with E-state index in [4.69, 9.17) is 5.73 Å². The van der Waals surface area contributed by atoms with Crippen molar-refractivity contribution in [3.63, 3.8) is 0 Å². The highest BCUT2D eigenvalue weighted by atomic mass is 79.9. The van der Waals surface area contributed by atoms with E-state index in [0.717, 1.165) is 12.8 Å². The van der Waals surface area contributed by atoms with Gasteiger partial charge in [0.2, 0.25) is 0 Å². The molecular formula is C6H11Br2N2O2+. The molecule has 0 radical (unpaired) electrons. The lowest BCUT2D eigenvalue weighted by molar-refractivity contribution is -0.755. The van der Waals surface area contributed by atoms with Crippen LogP contribution in [0.3, 0.4) is 0 Å². The second-order valence-electron chi connectivity index (χ2n) is 2.11. The van der Waals surface area contributed by atoms with Crippen LogP contribution in [0.1, 0.15) is 19.8 Å². The number of unbranched alkanes of at least 4 members (excludes halogenated alkanes) is 1. The largest absolute Gasteiger partial charge is 0.472 e. The Kier molecular flexibility index (Phi) is 6.37. The van der Waals surface area contributed by atoms with Crippen LogP contribution >= 0.6 is 31.9 Å². The lowest BCUT2D eigenvalue weighted by Gasteiger charge is -1.97. The first-order valence-electron chi connectivity index (χ1n) is 3.50. The summed E-state index contributed by atoms with van der Waals surface area (Å²) in [4.78, 5) is 15.0. The molecule has 0 aliphatic rings. The molecule has 0 aliphatic heterocycles. The number of nitrogens with two attached hydrogens (primary N) is 1. The molecule has 4 nitrogen and oxygen atoms in total. The molecule has 0 aromatic carbocycles. The first kappa shape index (κ1) is 11.9. The number of hydroxylamine groups is 1. The van der Waals surface area contributed by atoms with E-state index in [9.17, 15) is 4.79 Å². The molecule has 0 rings (SSSR count). The zero-order valence-corrected chi connectivity index (χ0v) is 9.89. The molecule has 6 heteroatoms. The minimum Gasteiger partial charge on any atom is -0.330 e. The van der Waals surface area contributed by atoms with Crippen LogP contribution in [0.25, 0.3) is 0 Å². The van der Waals surface area contributed by atoms with Gasteiger partial charge in [0.25, 0.3) is 0 Å². The normalized spacial score (nSPS) is 9.25. The van der Waals surface area contributed by atoms with Gasteiger partial charge in [0.1, 0.15) is 0 Å². The van der Waals surface area contributed by atoms with Gasteiger partial charge >= 0.3 is 9.62 Å². The number of carbonyl (C=O) groups is 1. The van der Waals surface area contributed by atoms with Crippen molar-refractivity contribution < 1.29 is 14.4 Å². The number of halogens is 2. The van der Waals surface area contributed by atoms with Crippen molar-refractivity contribution in [2.75, 3.05) is 6.54 Å². The van der Waals surface area contributed by atoms with Gasteiger partial charge in [-0.2, -0.15) is 4.84 Å². The molecular weight excluding hydrogens is 292 g/mol. The van der Waals surface area contributed by atoms with E-state index < -0.39 is 6.09 Å². The van der Waals surface area contributed by atoms with Crippen LogP contribution in [-0.4, -0.2) is 20.9 Å². The molecule has 0 aliphatic carbocycles. The van der Waals surface area contributed by atoms with Crippen LogP contribution in [0.4, 0.5) is 4.79 Å². The van der Waals surface area contributed by atoms with Crippen molar-refractivity contribution in [2.45, 2.75) is 19.8 Å². The molecule has 0 aromatic rings. The quantitative estimate of drug-likeness (QED) is 0.373. The van der Waals surface area contributed by atoms with E-state index in [-0.39, 0.29) is 0 Å². The van der Waals surface area contributed by atoms with Crippen molar-refractivity contribution in [1.29, 1.82) is 0 Å². The number of primary amides is 1. The number of carbonyl (C=O) groups excluding carboxylic acids is 1. The van der Waals surface area contributed by atoms with Gasteiger partial charge in [-0.3, -0.25) is 0 Å². The smallest absolute Gasteiger partial charge is 0.330 e. The van der Waals surface area contributed by atoms with E-state index in [1.54, 1.807) is 0 Å². The molecule has 0 saturated carbocycles. The van der Waals surface area contributed by atoms with Gasteiger partial charge < -0.3 is 5.73 Å². The van der Waals surface area contributed by atoms with E-state index in [2.05, 4.69) is 36.7 Å². The summed E-state index contributed by atoms with van der Waals surface area (Å²) in [6.45, 7) is 2.66. The minimum atomic E-state index is -0.817. The molecule has 0 heterocycles. The molecule has 0 atom stereocenters. The summed E-state index contributed by atoms with van der Waals surface area (Å²) in [5.41, 5.74) is 4.85. The Labute approximate surface area is 88.0 Å². The fourth-order valence-electron chi connectivity index (χ4n) is 0.575. The van der Waals surface area contributed by atoms with Gasteiger partial charge in [-0.25, -0.2) is 4.79 Å². The highest BCUT2D eigenvalue weighted by molar-refractivity contribution is 9.39. The lowest BCUT2D eigenvalue weighted by atomic mass is 10.3. The Morgan fingerprint density at radius 3 is 2.50 bits per heavy atom. The van der Waals surface area contributed by atoms with Gasteiger partial charge in [0.15, 0.2) is 6.54 Å². The average Bonchev–Trinajstić information content (AvgIpc) is 1.96. The summed E-state index contributed by atoms with van der Waals surface area (Å²) in [6.07, 6.45) is 1.13. The van der Waals surface area contributed by atoms with Crippen molar-refractivity contribution in [1.82, 2.24) is 0 Å². The Hall–Kier alpha value is -0.100.